The average molecular weight is 216 g/mol. The molecule has 0 spiro atoms. The van der Waals surface area contributed by atoms with E-state index in [2.05, 4.69) is 17.4 Å². The maximum atomic E-state index is 5.89. The Morgan fingerprint density at radius 2 is 2.00 bits per heavy atom. The monoisotopic (exact) mass is 216 g/mol. The normalized spacial score (nSPS) is 24.9. The summed E-state index contributed by atoms with van der Waals surface area (Å²) in [6.07, 6.45) is 7.91. The summed E-state index contributed by atoms with van der Waals surface area (Å²) in [5, 5.41) is 3.78. The number of fused-ring (bicyclic) bond motifs is 1. The van der Waals surface area contributed by atoms with Gasteiger partial charge in [0.25, 0.3) is 0 Å². The lowest BCUT2D eigenvalue weighted by Crippen LogP contribution is -2.39. The minimum Gasteiger partial charge on any atom is -0.399 e. The second-order valence-corrected chi connectivity index (χ2v) is 5.20. The van der Waals surface area contributed by atoms with Crippen LogP contribution in [-0.4, -0.2) is 6.04 Å². The molecule has 1 fully saturated rings. The van der Waals surface area contributed by atoms with Crippen molar-refractivity contribution in [3.8, 4) is 0 Å². The van der Waals surface area contributed by atoms with Gasteiger partial charge in [0.05, 0.1) is 0 Å². The molecular weight excluding hydrogens is 196 g/mol. The molecule has 2 aliphatic carbocycles. The van der Waals surface area contributed by atoms with Crippen molar-refractivity contribution in [1.29, 1.82) is 0 Å². The van der Waals surface area contributed by atoms with Crippen LogP contribution < -0.4 is 11.1 Å². The molecule has 0 bridgehead atoms. The van der Waals surface area contributed by atoms with E-state index in [4.69, 9.17) is 5.73 Å². The number of hydrogen-bond donors (Lipinski definition) is 2. The molecule has 86 valence electrons. The number of anilines is 1. The maximum Gasteiger partial charge on any atom is 0.0326 e. The summed E-state index contributed by atoms with van der Waals surface area (Å²) in [6, 6.07) is 7.73. The molecular formula is C14H20N2. The number of nitrogen functional groups attached to an aromatic ring is 1. The summed E-state index contributed by atoms with van der Waals surface area (Å²) in [4.78, 5) is 0. The van der Waals surface area contributed by atoms with Crippen molar-refractivity contribution in [2.45, 2.75) is 50.6 Å². The molecule has 1 atom stereocenters. The van der Waals surface area contributed by atoms with Gasteiger partial charge in [-0.1, -0.05) is 12.5 Å². The topological polar surface area (TPSA) is 38.0 Å². The molecule has 0 amide bonds. The summed E-state index contributed by atoms with van der Waals surface area (Å²) >= 11 is 0. The second-order valence-electron chi connectivity index (χ2n) is 5.20. The van der Waals surface area contributed by atoms with Crippen LogP contribution in [0.1, 0.15) is 49.3 Å². The van der Waals surface area contributed by atoms with Crippen LogP contribution in [0.2, 0.25) is 0 Å². The van der Waals surface area contributed by atoms with Gasteiger partial charge in [0.1, 0.15) is 0 Å². The highest BCUT2D eigenvalue weighted by atomic mass is 15.0. The van der Waals surface area contributed by atoms with Gasteiger partial charge in [0.15, 0.2) is 0 Å². The quantitative estimate of drug-likeness (QED) is 0.746. The van der Waals surface area contributed by atoms with Crippen molar-refractivity contribution in [2.24, 2.45) is 0 Å². The van der Waals surface area contributed by atoms with Crippen LogP contribution >= 0.6 is 0 Å². The number of hydrogen-bond acceptors (Lipinski definition) is 2. The Morgan fingerprint density at radius 1 is 1.12 bits per heavy atom. The Morgan fingerprint density at radius 3 is 2.75 bits per heavy atom. The van der Waals surface area contributed by atoms with Gasteiger partial charge < -0.3 is 11.1 Å². The number of nitrogens with one attached hydrogen (secondary N) is 1. The van der Waals surface area contributed by atoms with Gasteiger partial charge in [0, 0.05) is 17.8 Å². The molecule has 0 saturated heterocycles. The van der Waals surface area contributed by atoms with Crippen molar-refractivity contribution < 1.29 is 0 Å². The predicted molar refractivity (Wildman–Crippen MR) is 67.3 cm³/mol. The fourth-order valence-corrected chi connectivity index (χ4v) is 2.85. The van der Waals surface area contributed by atoms with Gasteiger partial charge >= 0.3 is 0 Å². The first kappa shape index (κ1) is 10.2. The molecule has 16 heavy (non-hydrogen) atoms. The van der Waals surface area contributed by atoms with Crippen molar-refractivity contribution >= 4 is 5.69 Å². The zero-order valence-electron chi connectivity index (χ0n) is 9.71. The van der Waals surface area contributed by atoms with Crippen molar-refractivity contribution in [1.82, 2.24) is 5.32 Å². The Hall–Kier alpha value is -1.02. The van der Waals surface area contributed by atoms with Crippen molar-refractivity contribution in [2.75, 3.05) is 5.73 Å². The molecule has 1 saturated carbocycles. The van der Waals surface area contributed by atoms with E-state index in [0.717, 1.165) is 11.7 Å². The fourth-order valence-electron chi connectivity index (χ4n) is 2.85. The minimum atomic E-state index is 0.553. The lowest BCUT2D eigenvalue weighted by molar-refractivity contribution is 0.290. The summed E-state index contributed by atoms with van der Waals surface area (Å²) in [6.45, 7) is 0. The van der Waals surface area contributed by atoms with E-state index >= 15 is 0 Å². The molecule has 2 aliphatic rings. The summed E-state index contributed by atoms with van der Waals surface area (Å²) in [7, 11) is 0. The van der Waals surface area contributed by atoms with E-state index in [1.165, 1.54) is 49.7 Å². The number of rotatable bonds is 2. The third kappa shape index (κ3) is 1.82. The molecule has 2 heteroatoms. The average Bonchev–Trinajstić information content (AvgIpc) is 2.23. The van der Waals surface area contributed by atoms with E-state index in [-0.39, 0.29) is 0 Å². The summed E-state index contributed by atoms with van der Waals surface area (Å²) in [5.74, 6) is 0. The Kier molecular flexibility index (Phi) is 2.60. The fraction of sp³-hybridized carbons (Fsp3) is 0.571. The zero-order chi connectivity index (χ0) is 11.0. The van der Waals surface area contributed by atoms with Gasteiger partial charge in [-0.2, -0.15) is 0 Å². The van der Waals surface area contributed by atoms with Gasteiger partial charge in [0.2, 0.25) is 0 Å². The molecule has 1 aromatic carbocycles. The largest absolute Gasteiger partial charge is 0.399 e. The number of benzene rings is 1. The first-order chi connectivity index (χ1) is 7.83. The highest BCUT2D eigenvalue weighted by Gasteiger charge is 2.25. The van der Waals surface area contributed by atoms with E-state index in [9.17, 15) is 0 Å². The van der Waals surface area contributed by atoms with Crippen LogP contribution in [0.5, 0.6) is 0 Å². The molecule has 1 unspecified atom stereocenters. The highest BCUT2D eigenvalue weighted by Crippen LogP contribution is 2.33. The Balaban J connectivity index is 1.83. The second kappa shape index (κ2) is 4.10. The van der Waals surface area contributed by atoms with Gasteiger partial charge in [-0.25, -0.2) is 0 Å². The molecule has 3 rings (SSSR count). The molecule has 0 heterocycles. The predicted octanol–water partition coefficient (Wildman–Crippen LogP) is 2.79. The van der Waals surface area contributed by atoms with Gasteiger partial charge in [-0.15, -0.1) is 0 Å². The van der Waals surface area contributed by atoms with Crippen LogP contribution in [0, 0.1) is 0 Å². The molecule has 1 aromatic rings. The minimum absolute atomic E-state index is 0.553. The van der Waals surface area contributed by atoms with Crippen molar-refractivity contribution in [3.63, 3.8) is 0 Å². The third-order valence-electron chi connectivity index (χ3n) is 4.03. The highest BCUT2D eigenvalue weighted by molar-refractivity contribution is 5.47. The van der Waals surface area contributed by atoms with E-state index < -0.39 is 0 Å². The van der Waals surface area contributed by atoms with Gasteiger partial charge in [-0.05, 0) is 55.4 Å². The first-order valence-corrected chi connectivity index (χ1v) is 6.47. The molecule has 0 aromatic heterocycles. The standard InChI is InChI=1S/C14H20N2/c15-11-8-7-10-3-1-6-14(13(10)9-11)16-12-4-2-5-12/h7-9,12,14,16H,1-6,15H2. The van der Waals surface area contributed by atoms with Crippen LogP contribution in [0.25, 0.3) is 0 Å². The van der Waals surface area contributed by atoms with Crippen LogP contribution in [0.3, 0.4) is 0 Å². The van der Waals surface area contributed by atoms with Crippen LogP contribution in [0.15, 0.2) is 18.2 Å². The summed E-state index contributed by atoms with van der Waals surface area (Å²) in [5.41, 5.74) is 9.75. The third-order valence-corrected chi connectivity index (χ3v) is 4.03. The van der Waals surface area contributed by atoms with E-state index in [1.807, 2.05) is 6.07 Å². The van der Waals surface area contributed by atoms with E-state index in [0.29, 0.717) is 6.04 Å². The number of aryl methyl sites for hydroxylation is 1. The Bertz CT molecular complexity index is 382. The molecule has 0 radical (unpaired) electrons. The molecule has 0 aliphatic heterocycles. The SMILES string of the molecule is Nc1ccc2c(c1)C(NC1CCC1)CCC2. The maximum absolute atomic E-state index is 5.89. The first-order valence-electron chi connectivity index (χ1n) is 6.47. The van der Waals surface area contributed by atoms with Gasteiger partial charge in [-0.3, -0.25) is 0 Å². The van der Waals surface area contributed by atoms with Crippen LogP contribution in [0.4, 0.5) is 5.69 Å². The molecule has 3 N–H and O–H groups in total. The Labute approximate surface area is 97.2 Å². The molecule has 2 nitrogen and oxygen atoms in total. The van der Waals surface area contributed by atoms with Crippen molar-refractivity contribution in [3.05, 3.63) is 29.3 Å². The zero-order valence-corrected chi connectivity index (χ0v) is 9.71. The lowest BCUT2D eigenvalue weighted by atomic mass is 9.85. The number of nitrogens with two attached hydrogens (primary N) is 1. The van der Waals surface area contributed by atoms with E-state index in [1.54, 1.807) is 0 Å². The lowest BCUT2D eigenvalue weighted by Gasteiger charge is -2.34. The van der Waals surface area contributed by atoms with Crippen LogP contribution in [-0.2, 0) is 6.42 Å². The summed E-state index contributed by atoms with van der Waals surface area (Å²) < 4.78 is 0. The smallest absolute Gasteiger partial charge is 0.0326 e.